The van der Waals surface area contributed by atoms with Crippen molar-refractivity contribution in [1.82, 2.24) is 0 Å². The Morgan fingerprint density at radius 1 is 1.26 bits per heavy atom. The molecule has 0 bridgehead atoms. The molecule has 0 amide bonds. The number of carbonyl (C=O) groups is 1. The van der Waals surface area contributed by atoms with E-state index in [0.29, 0.717) is 5.92 Å². The summed E-state index contributed by atoms with van der Waals surface area (Å²) in [6, 6.07) is 8.04. The van der Waals surface area contributed by atoms with Gasteiger partial charge in [-0.2, -0.15) is 0 Å². The van der Waals surface area contributed by atoms with E-state index in [1.54, 1.807) is 36.7 Å². The highest BCUT2D eigenvalue weighted by Crippen LogP contribution is 2.48. The van der Waals surface area contributed by atoms with Gasteiger partial charge in [0.05, 0.1) is 7.11 Å². The molecule has 19 heavy (non-hydrogen) atoms. The van der Waals surface area contributed by atoms with E-state index in [4.69, 9.17) is 4.74 Å². The van der Waals surface area contributed by atoms with E-state index in [-0.39, 0.29) is 11.7 Å². The molecule has 2 rings (SSSR count). The van der Waals surface area contributed by atoms with Crippen LogP contribution in [0.1, 0.15) is 17.9 Å². The lowest BCUT2D eigenvalue weighted by molar-refractivity contribution is -0.115. The summed E-state index contributed by atoms with van der Waals surface area (Å²) in [7, 11) is 1.66. The van der Waals surface area contributed by atoms with Gasteiger partial charge in [0, 0.05) is 16.2 Å². The van der Waals surface area contributed by atoms with Gasteiger partial charge in [-0.1, -0.05) is 12.1 Å². The van der Waals surface area contributed by atoms with Gasteiger partial charge < -0.3 is 4.74 Å². The Hall–Kier alpha value is -0.870. The molecule has 1 aromatic rings. The largest absolute Gasteiger partial charge is 0.497 e. The van der Waals surface area contributed by atoms with Crippen molar-refractivity contribution in [3.05, 3.63) is 40.1 Å². The summed E-state index contributed by atoms with van der Waals surface area (Å²) < 4.78 is 6.23. The fraction of sp³-hybridized carbons (Fsp3) is 0.400. The maximum atomic E-state index is 12.1. The van der Waals surface area contributed by atoms with Crippen molar-refractivity contribution >= 4 is 29.3 Å². The average molecular weight is 294 g/mol. The van der Waals surface area contributed by atoms with Crippen molar-refractivity contribution in [2.75, 3.05) is 19.6 Å². The molecule has 1 saturated carbocycles. The van der Waals surface area contributed by atoms with Crippen LogP contribution in [0.5, 0.6) is 5.75 Å². The molecule has 102 valence electrons. The van der Waals surface area contributed by atoms with Crippen LogP contribution in [0, 0.1) is 5.92 Å². The number of allylic oxidation sites excluding steroid dienone is 1. The van der Waals surface area contributed by atoms with Crippen LogP contribution in [-0.2, 0) is 4.79 Å². The number of ketones is 1. The molecule has 1 aromatic carbocycles. The van der Waals surface area contributed by atoms with E-state index in [1.165, 1.54) is 5.56 Å². The van der Waals surface area contributed by atoms with Crippen molar-refractivity contribution < 1.29 is 9.53 Å². The van der Waals surface area contributed by atoms with E-state index in [2.05, 4.69) is 12.1 Å². The summed E-state index contributed by atoms with van der Waals surface area (Å²) in [6.07, 6.45) is 6.77. The molecular weight excluding hydrogens is 276 g/mol. The molecule has 1 fully saturated rings. The standard InChI is InChI=1S/C15H18O2S2/c1-17-11-6-4-10(5-7-11)12-8-13(12)14(16)9-15(18-2)19-3/h4-7,9,12-13H,8H2,1-3H3. The lowest BCUT2D eigenvalue weighted by Gasteiger charge is -2.02. The minimum Gasteiger partial charge on any atom is -0.497 e. The van der Waals surface area contributed by atoms with Gasteiger partial charge in [0.2, 0.25) is 0 Å². The molecule has 4 heteroatoms. The van der Waals surface area contributed by atoms with Crippen molar-refractivity contribution in [3.8, 4) is 5.75 Å². The van der Waals surface area contributed by atoms with Crippen LogP contribution in [0.15, 0.2) is 34.6 Å². The minimum absolute atomic E-state index is 0.169. The first-order valence-corrected chi connectivity index (χ1v) is 8.62. The van der Waals surface area contributed by atoms with Gasteiger partial charge in [-0.15, -0.1) is 23.5 Å². The summed E-state index contributed by atoms with van der Waals surface area (Å²) in [5.41, 5.74) is 1.24. The lowest BCUT2D eigenvalue weighted by atomic mass is 10.1. The van der Waals surface area contributed by atoms with Crippen LogP contribution < -0.4 is 4.74 Å². The summed E-state index contributed by atoms with van der Waals surface area (Å²) in [6.45, 7) is 0. The molecule has 0 N–H and O–H groups in total. The predicted molar refractivity (Wildman–Crippen MR) is 84.0 cm³/mol. The second kappa shape index (κ2) is 6.53. The number of hydrogen-bond acceptors (Lipinski definition) is 4. The number of methoxy groups -OCH3 is 1. The van der Waals surface area contributed by atoms with Gasteiger partial charge >= 0.3 is 0 Å². The third-order valence-corrected chi connectivity index (χ3v) is 5.40. The molecule has 0 heterocycles. The van der Waals surface area contributed by atoms with Gasteiger partial charge in [-0.3, -0.25) is 4.79 Å². The van der Waals surface area contributed by atoms with Gasteiger partial charge in [0.25, 0.3) is 0 Å². The summed E-state index contributed by atoms with van der Waals surface area (Å²) in [5, 5.41) is 0. The monoisotopic (exact) mass is 294 g/mol. The molecule has 2 unspecified atom stereocenters. The molecule has 0 radical (unpaired) electrons. The first-order valence-electron chi connectivity index (χ1n) is 6.17. The van der Waals surface area contributed by atoms with E-state index in [1.807, 2.05) is 24.6 Å². The second-order valence-electron chi connectivity index (χ2n) is 4.50. The summed E-state index contributed by atoms with van der Waals surface area (Å²) >= 11 is 3.26. The zero-order chi connectivity index (χ0) is 13.8. The van der Waals surface area contributed by atoms with E-state index >= 15 is 0 Å². The maximum absolute atomic E-state index is 12.1. The summed E-state index contributed by atoms with van der Waals surface area (Å²) in [5.74, 6) is 1.68. The normalized spacial score (nSPS) is 20.8. The van der Waals surface area contributed by atoms with Gasteiger partial charge in [0.15, 0.2) is 5.78 Å². The molecule has 1 aliphatic rings. The van der Waals surface area contributed by atoms with Gasteiger partial charge in [-0.25, -0.2) is 0 Å². The Bertz CT molecular complexity index is 473. The molecule has 0 saturated heterocycles. The first kappa shape index (κ1) is 14.5. The zero-order valence-electron chi connectivity index (χ0n) is 11.4. The molecule has 0 spiro atoms. The third kappa shape index (κ3) is 3.57. The predicted octanol–water partition coefficient (Wildman–Crippen LogP) is 3.94. The number of thioether (sulfide) groups is 2. The van der Waals surface area contributed by atoms with Crippen molar-refractivity contribution in [2.24, 2.45) is 5.92 Å². The van der Waals surface area contributed by atoms with Crippen molar-refractivity contribution in [1.29, 1.82) is 0 Å². The minimum atomic E-state index is 0.169. The lowest BCUT2D eigenvalue weighted by Crippen LogP contribution is -1.98. The molecule has 2 nitrogen and oxygen atoms in total. The number of ether oxygens (including phenoxy) is 1. The Kier molecular flexibility index (Phi) is 4.99. The topological polar surface area (TPSA) is 26.3 Å². The number of carbonyl (C=O) groups excluding carboxylic acids is 1. The SMILES string of the molecule is COc1ccc(C2CC2C(=O)C=C(SC)SC)cc1. The van der Waals surface area contributed by atoms with Crippen LogP contribution in [0.25, 0.3) is 0 Å². The Labute approximate surface area is 123 Å². The van der Waals surface area contributed by atoms with E-state index in [0.717, 1.165) is 16.4 Å². The van der Waals surface area contributed by atoms with Crippen LogP contribution in [0.4, 0.5) is 0 Å². The molecular formula is C15H18O2S2. The van der Waals surface area contributed by atoms with Gasteiger partial charge in [0.1, 0.15) is 5.75 Å². The second-order valence-corrected chi connectivity index (χ2v) is 6.45. The fourth-order valence-corrected chi connectivity index (χ4v) is 3.29. The van der Waals surface area contributed by atoms with E-state index < -0.39 is 0 Å². The Morgan fingerprint density at radius 3 is 2.42 bits per heavy atom. The fourth-order valence-electron chi connectivity index (χ4n) is 2.15. The quantitative estimate of drug-likeness (QED) is 0.743. The maximum Gasteiger partial charge on any atom is 0.161 e. The van der Waals surface area contributed by atoms with Crippen LogP contribution in [0.2, 0.25) is 0 Å². The highest BCUT2D eigenvalue weighted by molar-refractivity contribution is 8.21. The average Bonchev–Trinajstić information content (AvgIpc) is 3.25. The van der Waals surface area contributed by atoms with Crippen LogP contribution in [0.3, 0.4) is 0 Å². The number of hydrogen-bond donors (Lipinski definition) is 0. The number of rotatable bonds is 6. The van der Waals surface area contributed by atoms with Crippen LogP contribution >= 0.6 is 23.5 Å². The first-order chi connectivity index (χ1) is 9.19. The summed E-state index contributed by atoms with van der Waals surface area (Å²) in [4.78, 5) is 12.1. The third-order valence-electron chi connectivity index (χ3n) is 3.36. The smallest absolute Gasteiger partial charge is 0.161 e. The molecule has 0 aromatic heterocycles. The number of benzene rings is 1. The molecule has 2 atom stereocenters. The van der Waals surface area contributed by atoms with Crippen LogP contribution in [-0.4, -0.2) is 25.4 Å². The van der Waals surface area contributed by atoms with Crippen molar-refractivity contribution in [3.63, 3.8) is 0 Å². The highest BCUT2D eigenvalue weighted by atomic mass is 32.2. The van der Waals surface area contributed by atoms with E-state index in [9.17, 15) is 4.79 Å². The van der Waals surface area contributed by atoms with Gasteiger partial charge in [-0.05, 0) is 42.5 Å². The molecule has 0 aliphatic heterocycles. The zero-order valence-corrected chi connectivity index (χ0v) is 13.0. The van der Waals surface area contributed by atoms with Crippen molar-refractivity contribution in [2.45, 2.75) is 12.3 Å². The Balaban J connectivity index is 2.00. The molecule has 1 aliphatic carbocycles. The highest BCUT2D eigenvalue weighted by Gasteiger charge is 2.42. The Morgan fingerprint density at radius 2 is 1.89 bits per heavy atom.